The van der Waals surface area contributed by atoms with Gasteiger partial charge in [-0.25, -0.2) is 4.39 Å². The monoisotopic (exact) mass is 243 g/mol. The zero-order chi connectivity index (χ0) is 12.0. The van der Waals surface area contributed by atoms with Crippen molar-refractivity contribution in [3.63, 3.8) is 0 Å². The van der Waals surface area contributed by atoms with Crippen LogP contribution in [0.15, 0.2) is 24.3 Å². The Labute approximate surface area is 102 Å². The van der Waals surface area contributed by atoms with E-state index >= 15 is 0 Å². The van der Waals surface area contributed by atoms with Gasteiger partial charge in [0.2, 0.25) is 0 Å². The molecule has 0 aromatic heterocycles. The van der Waals surface area contributed by atoms with E-state index in [1.165, 1.54) is 6.07 Å². The third-order valence-electron chi connectivity index (χ3n) is 2.48. The van der Waals surface area contributed by atoms with Gasteiger partial charge in [-0.05, 0) is 18.4 Å². The Hall–Kier alpha value is -0.600. The Kier molecular flexibility index (Phi) is 5.78. The fourth-order valence-corrected chi connectivity index (χ4v) is 1.90. The first-order valence-corrected chi connectivity index (χ1v) is 6.19. The van der Waals surface area contributed by atoms with Gasteiger partial charge in [0.1, 0.15) is 5.82 Å². The molecule has 0 radical (unpaired) electrons. The summed E-state index contributed by atoms with van der Waals surface area (Å²) in [5.41, 5.74) is 0.696. The van der Waals surface area contributed by atoms with Gasteiger partial charge in [0.25, 0.3) is 0 Å². The number of nitrogens with one attached hydrogen (secondary N) is 1. The second-order valence-corrected chi connectivity index (χ2v) is 4.76. The zero-order valence-corrected chi connectivity index (χ0v) is 10.6. The van der Waals surface area contributed by atoms with Crippen molar-refractivity contribution in [3.05, 3.63) is 35.6 Å². The topological polar surface area (TPSA) is 12.0 Å². The van der Waals surface area contributed by atoms with E-state index in [4.69, 9.17) is 11.6 Å². The molecule has 3 heteroatoms. The van der Waals surface area contributed by atoms with Crippen molar-refractivity contribution in [3.8, 4) is 0 Å². The molecule has 90 valence electrons. The summed E-state index contributed by atoms with van der Waals surface area (Å²) in [7, 11) is 0. The molecule has 1 aromatic rings. The highest BCUT2D eigenvalue weighted by Gasteiger charge is 2.09. The molecule has 0 aliphatic carbocycles. The van der Waals surface area contributed by atoms with Crippen LogP contribution in [0.5, 0.6) is 0 Å². The Morgan fingerprint density at radius 3 is 2.56 bits per heavy atom. The molecule has 1 N–H and O–H groups in total. The van der Waals surface area contributed by atoms with Crippen LogP contribution in [-0.2, 0) is 6.54 Å². The molecule has 0 saturated carbocycles. The summed E-state index contributed by atoms with van der Waals surface area (Å²) in [5, 5.41) is 3.29. The maximum absolute atomic E-state index is 13.3. The predicted molar refractivity (Wildman–Crippen MR) is 67.2 cm³/mol. The smallest absolute Gasteiger partial charge is 0.127 e. The average molecular weight is 244 g/mol. The molecule has 1 nitrogen and oxygen atoms in total. The summed E-state index contributed by atoms with van der Waals surface area (Å²) in [4.78, 5) is 0. The Morgan fingerprint density at radius 1 is 1.31 bits per heavy atom. The summed E-state index contributed by atoms with van der Waals surface area (Å²) in [6, 6.07) is 7.07. The summed E-state index contributed by atoms with van der Waals surface area (Å²) >= 11 is 5.86. The molecule has 0 amide bonds. The lowest BCUT2D eigenvalue weighted by molar-refractivity contribution is 0.440. The lowest BCUT2D eigenvalue weighted by atomic mass is 10.0. The van der Waals surface area contributed by atoms with Crippen LogP contribution in [0, 0.1) is 11.7 Å². The standard InChI is InChI=1S/C13H19ClFN/c1-10(2)7-12(8-14)16-9-11-5-3-4-6-13(11)15/h3-6,10,12,16H,7-9H2,1-2H3. The highest BCUT2D eigenvalue weighted by molar-refractivity contribution is 6.18. The Balaban J connectivity index is 2.46. The fraction of sp³-hybridized carbons (Fsp3) is 0.538. The number of alkyl halides is 1. The van der Waals surface area contributed by atoms with Crippen LogP contribution in [-0.4, -0.2) is 11.9 Å². The van der Waals surface area contributed by atoms with E-state index in [1.54, 1.807) is 12.1 Å². The normalized spacial score (nSPS) is 13.1. The molecule has 0 spiro atoms. The third kappa shape index (κ3) is 4.50. The van der Waals surface area contributed by atoms with E-state index in [0.29, 0.717) is 23.9 Å². The molecule has 1 rings (SSSR count). The van der Waals surface area contributed by atoms with Crippen LogP contribution < -0.4 is 5.32 Å². The first kappa shape index (κ1) is 13.5. The third-order valence-corrected chi connectivity index (χ3v) is 2.85. The quantitative estimate of drug-likeness (QED) is 0.754. The zero-order valence-electron chi connectivity index (χ0n) is 9.84. The van der Waals surface area contributed by atoms with E-state index in [1.807, 2.05) is 6.07 Å². The molecule has 0 heterocycles. The van der Waals surface area contributed by atoms with Gasteiger partial charge in [-0.1, -0.05) is 32.0 Å². The molecule has 1 unspecified atom stereocenters. The van der Waals surface area contributed by atoms with Crippen molar-refractivity contribution in [2.45, 2.75) is 32.9 Å². The van der Waals surface area contributed by atoms with Crippen LogP contribution in [0.1, 0.15) is 25.8 Å². The van der Waals surface area contributed by atoms with Gasteiger partial charge < -0.3 is 5.32 Å². The van der Waals surface area contributed by atoms with Gasteiger partial charge in [0, 0.05) is 24.0 Å². The molecule has 0 bridgehead atoms. The maximum atomic E-state index is 13.3. The molecule has 1 aromatic carbocycles. The van der Waals surface area contributed by atoms with Crippen molar-refractivity contribution in [2.75, 3.05) is 5.88 Å². The molecule has 0 aliphatic heterocycles. The Morgan fingerprint density at radius 2 is 2.00 bits per heavy atom. The molecule has 0 saturated heterocycles. The van der Waals surface area contributed by atoms with Crippen LogP contribution in [0.3, 0.4) is 0 Å². The number of halogens is 2. The number of rotatable bonds is 6. The van der Waals surface area contributed by atoms with Gasteiger partial charge >= 0.3 is 0 Å². The summed E-state index contributed by atoms with van der Waals surface area (Å²) < 4.78 is 13.3. The van der Waals surface area contributed by atoms with Crippen molar-refractivity contribution in [1.29, 1.82) is 0 Å². The minimum absolute atomic E-state index is 0.159. The first-order valence-electron chi connectivity index (χ1n) is 5.66. The molecule has 16 heavy (non-hydrogen) atoms. The predicted octanol–water partition coefficient (Wildman–Crippen LogP) is 3.57. The minimum atomic E-state index is -0.159. The van der Waals surface area contributed by atoms with E-state index in [-0.39, 0.29) is 11.9 Å². The van der Waals surface area contributed by atoms with Crippen LogP contribution >= 0.6 is 11.6 Å². The Bertz CT molecular complexity index is 315. The van der Waals surface area contributed by atoms with Crippen LogP contribution in [0.2, 0.25) is 0 Å². The van der Waals surface area contributed by atoms with Crippen LogP contribution in [0.4, 0.5) is 4.39 Å². The lowest BCUT2D eigenvalue weighted by Gasteiger charge is -2.18. The van der Waals surface area contributed by atoms with Crippen molar-refractivity contribution in [2.24, 2.45) is 5.92 Å². The largest absolute Gasteiger partial charge is 0.309 e. The van der Waals surface area contributed by atoms with E-state index in [2.05, 4.69) is 19.2 Å². The summed E-state index contributed by atoms with van der Waals surface area (Å²) in [5.74, 6) is 0.997. The SMILES string of the molecule is CC(C)CC(CCl)NCc1ccccc1F. The van der Waals surface area contributed by atoms with Gasteiger partial charge in [0.15, 0.2) is 0 Å². The van der Waals surface area contributed by atoms with Gasteiger partial charge in [0.05, 0.1) is 0 Å². The van der Waals surface area contributed by atoms with E-state index in [0.717, 1.165) is 6.42 Å². The second-order valence-electron chi connectivity index (χ2n) is 4.45. The maximum Gasteiger partial charge on any atom is 0.127 e. The highest BCUT2D eigenvalue weighted by Crippen LogP contribution is 2.09. The molecule has 1 atom stereocenters. The van der Waals surface area contributed by atoms with Crippen LogP contribution in [0.25, 0.3) is 0 Å². The summed E-state index contributed by atoms with van der Waals surface area (Å²) in [6.45, 7) is 4.85. The highest BCUT2D eigenvalue weighted by atomic mass is 35.5. The molecule has 0 aliphatic rings. The van der Waals surface area contributed by atoms with Crippen molar-refractivity contribution < 1.29 is 4.39 Å². The number of hydrogen-bond acceptors (Lipinski definition) is 1. The molecule has 0 fully saturated rings. The molecular weight excluding hydrogens is 225 g/mol. The van der Waals surface area contributed by atoms with E-state index in [9.17, 15) is 4.39 Å². The lowest BCUT2D eigenvalue weighted by Crippen LogP contribution is -2.31. The molecular formula is C13H19ClFN. The first-order chi connectivity index (χ1) is 7.63. The number of hydrogen-bond donors (Lipinski definition) is 1. The minimum Gasteiger partial charge on any atom is -0.309 e. The van der Waals surface area contributed by atoms with E-state index < -0.39 is 0 Å². The second kappa shape index (κ2) is 6.87. The number of benzene rings is 1. The van der Waals surface area contributed by atoms with Crippen molar-refractivity contribution >= 4 is 11.6 Å². The van der Waals surface area contributed by atoms with Gasteiger partial charge in [-0.3, -0.25) is 0 Å². The van der Waals surface area contributed by atoms with Crippen molar-refractivity contribution in [1.82, 2.24) is 5.32 Å². The fourth-order valence-electron chi connectivity index (χ4n) is 1.67. The average Bonchev–Trinajstić information content (AvgIpc) is 2.25. The van der Waals surface area contributed by atoms with Gasteiger partial charge in [-0.15, -0.1) is 11.6 Å². The van der Waals surface area contributed by atoms with Gasteiger partial charge in [-0.2, -0.15) is 0 Å². The summed E-state index contributed by atoms with van der Waals surface area (Å²) in [6.07, 6.45) is 1.01.